The van der Waals surface area contributed by atoms with Crippen molar-refractivity contribution in [2.45, 2.75) is 25.9 Å². The van der Waals surface area contributed by atoms with Crippen molar-refractivity contribution in [2.75, 3.05) is 20.0 Å². The van der Waals surface area contributed by atoms with E-state index in [2.05, 4.69) is 32.4 Å². The Balaban J connectivity index is 2.76. The van der Waals surface area contributed by atoms with Gasteiger partial charge in [0.25, 0.3) is 0 Å². The monoisotopic (exact) mass is 308 g/mol. The zero-order valence-electron chi connectivity index (χ0n) is 13.0. The molecular weight excluding hydrogens is 286 g/mol. The molecule has 5 heteroatoms. The fraction of sp³-hybridized carbons (Fsp3) is 0.467. The SMILES string of the molecule is CP(c1nc2ccccc2nc1P(C)(C)=O)C(C)(C)C. The molecule has 0 N–H and O–H groups in total. The first-order valence-corrected chi connectivity index (χ1v) is 11.1. The molecule has 0 fully saturated rings. The Morgan fingerprint density at radius 2 is 1.55 bits per heavy atom. The third kappa shape index (κ3) is 3.10. The molecule has 0 aliphatic rings. The molecular formula is C15H22N2OP2. The van der Waals surface area contributed by atoms with E-state index in [1.807, 2.05) is 24.3 Å². The van der Waals surface area contributed by atoms with E-state index in [-0.39, 0.29) is 5.16 Å². The highest BCUT2D eigenvalue weighted by atomic mass is 31.2. The predicted octanol–water partition coefficient (Wildman–Crippen LogP) is 3.41. The van der Waals surface area contributed by atoms with Crippen LogP contribution in [0.5, 0.6) is 0 Å². The smallest absolute Gasteiger partial charge is 0.129 e. The first-order chi connectivity index (χ1) is 9.10. The van der Waals surface area contributed by atoms with Crippen molar-refractivity contribution in [2.24, 2.45) is 0 Å². The Bertz CT molecular complexity index is 686. The highest BCUT2D eigenvalue weighted by Gasteiger charge is 2.30. The van der Waals surface area contributed by atoms with Gasteiger partial charge in [-0.25, -0.2) is 9.97 Å². The maximum absolute atomic E-state index is 12.6. The largest absolute Gasteiger partial charge is 0.318 e. The summed E-state index contributed by atoms with van der Waals surface area (Å²) in [4.78, 5) is 9.47. The van der Waals surface area contributed by atoms with E-state index in [1.165, 1.54) is 0 Å². The van der Waals surface area contributed by atoms with Crippen molar-refractivity contribution in [3.05, 3.63) is 24.3 Å². The molecule has 2 aromatic rings. The summed E-state index contributed by atoms with van der Waals surface area (Å²) in [5.41, 5.74) is 3.37. The van der Waals surface area contributed by atoms with E-state index in [0.29, 0.717) is 5.44 Å². The Hall–Kier alpha value is -0.780. The molecule has 0 bridgehead atoms. The van der Waals surface area contributed by atoms with E-state index in [9.17, 15) is 4.57 Å². The second kappa shape index (κ2) is 5.20. The Labute approximate surface area is 122 Å². The number of benzene rings is 1. The summed E-state index contributed by atoms with van der Waals surface area (Å²) >= 11 is 0. The van der Waals surface area contributed by atoms with Crippen molar-refractivity contribution in [1.29, 1.82) is 0 Å². The lowest BCUT2D eigenvalue weighted by Gasteiger charge is -2.29. The van der Waals surface area contributed by atoms with Gasteiger partial charge in [0.1, 0.15) is 12.6 Å². The first kappa shape index (κ1) is 15.6. The summed E-state index contributed by atoms with van der Waals surface area (Å²) in [5, 5.41) is 0.121. The van der Waals surface area contributed by atoms with Crippen LogP contribution in [0, 0.1) is 0 Å². The molecule has 1 heterocycles. The summed E-state index contributed by atoms with van der Waals surface area (Å²) in [5.74, 6) is 0. The molecule has 108 valence electrons. The maximum Gasteiger partial charge on any atom is 0.129 e. The number of para-hydroxylation sites is 2. The number of aromatic nitrogens is 2. The minimum absolute atomic E-state index is 0.121. The number of hydrogen-bond acceptors (Lipinski definition) is 3. The normalized spacial score (nSPS) is 14.5. The molecule has 0 saturated heterocycles. The minimum atomic E-state index is -2.44. The molecule has 0 aliphatic heterocycles. The molecule has 0 saturated carbocycles. The molecule has 2 rings (SSSR count). The number of hydrogen-bond donors (Lipinski definition) is 0. The number of nitrogens with zero attached hydrogens (tertiary/aromatic N) is 2. The van der Waals surface area contributed by atoms with Gasteiger partial charge in [-0.1, -0.05) is 40.8 Å². The molecule has 0 amide bonds. The topological polar surface area (TPSA) is 42.9 Å². The zero-order valence-corrected chi connectivity index (χ0v) is 14.8. The molecule has 1 atom stereocenters. The molecule has 20 heavy (non-hydrogen) atoms. The van der Waals surface area contributed by atoms with Crippen LogP contribution in [-0.2, 0) is 4.57 Å². The van der Waals surface area contributed by atoms with Crippen molar-refractivity contribution in [3.8, 4) is 0 Å². The van der Waals surface area contributed by atoms with Gasteiger partial charge in [-0.05, 0) is 37.3 Å². The van der Waals surface area contributed by atoms with Crippen molar-refractivity contribution in [3.63, 3.8) is 0 Å². The Morgan fingerprint density at radius 3 is 2.00 bits per heavy atom. The van der Waals surface area contributed by atoms with Gasteiger partial charge in [0.15, 0.2) is 0 Å². The Morgan fingerprint density at radius 1 is 1.05 bits per heavy atom. The lowest BCUT2D eigenvalue weighted by atomic mass is 10.3. The fourth-order valence-electron chi connectivity index (χ4n) is 1.89. The van der Waals surface area contributed by atoms with Crippen LogP contribution in [0.15, 0.2) is 24.3 Å². The third-order valence-electron chi connectivity index (χ3n) is 3.37. The number of fused-ring (bicyclic) bond motifs is 1. The standard InChI is InChI=1S/C15H22N2OP2/c1-15(2,3)19(4)13-14(20(5,6)18)17-12-10-8-7-9-11(12)16-13/h7-10H,1-6H3. The van der Waals surface area contributed by atoms with Gasteiger partial charge in [0.05, 0.1) is 16.5 Å². The molecule has 3 nitrogen and oxygen atoms in total. The van der Waals surface area contributed by atoms with Crippen LogP contribution in [0.25, 0.3) is 11.0 Å². The molecule has 0 radical (unpaired) electrons. The average molecular weight is 308 g/mol. The van der Waals surface area contributed by atoms with Crippen LogP contribution in [0.2, 0.25) is 0 Å². The van der Waals surface area contributed by atoms with Crippen molar-refractivity contribution < 1.29 is 4.57 Å². The second-order valence-electron chi connectivity index (χ2n) is 6.44. The van der Waals surface area contributed by atoms with Gasteiger partial charge in [0.2, 0.25) is 0 Å². The minimum Gasteiger partial charge on any atom is -0.318 e. The quantitative estimate of drug-likeness (QED) is 0.798. The van der Waals surface area contributed by atoms with E-state index in [4.69, 9.17) is 4.98 Å². The number of rotatable bonds is 2. The van der Waals surface area contributed by atoms with Crippen LogP contribution in [-0.4, -0.2) is 35.1 Å². The average Bonchev–Trinajstić information content (AvgIpc) is 2.34. The van der Waals surface area contributed by atoms with Crippen molar-refractivity contribution in [1.82, 2.24) is 9.97 Å². The van der Waals surface area contributed by atoms with Gasteiger partial charge in [-0.3, -0.25) is 0 Å². The molecule has 1 aromatic carbocycles. The van der Waals surface area contributed by atoms with E-state index in [0.717, 1.165) is 16.5 Å². The van der Waals surface area contributed by atoms with Gasteiger partial charge in [-0.2, -0.15) is 0 Å². The van der Waals surface area contributed by atoms with Crippen LogP contribution >= 0.6 is 15.1 Å². The molecule has 1 aromatic heterocycles. The van der Waals surface area contributed by atoms with E-state index < -0.39 is 15.1 Å². The zero-order chi connectivity index (χ0) is 15.1. The summed E-state index contributed by atoms with van der Waals surface area (Å²) in [6.45, 7) is 12.4. The predicted molar refractivity (Wildman–Crippen MR) is 90.9 cm³/mol. The molecule has 0 spiro atoms. The second-order valence-corrected chi connectivity index (χ2v) is 12.4. The highest BCUT2D eigenvalue weighted by molar-refractivity contribution is 7.74. The third-order valence-corrected chi connectivity index (χ3v) is 7.84. The summed E-state index contributed by atoms with van der Waals surface area (Å²) < 4.78 is 12.6. The van der Waals surface area contributed by atoms with Gasteiger partial charge >= 0.3 is 0 Å². The first-order valence-electron chi connectivity index (χ1n) is 6.67. The van der Waals surface area contributed by atoms with Gasteiger partial charge in [-0.15, -0.1) is 0 Å². The Kier molecular flexibility index (Phi) is 4.06. The lowest BCUT2D eigenvalue weighted by molar-refractivity contribution is 0.588. The highest BCUT2D eigenvalue weighted by Crippen LogP contribution is 2.46. The van der Waals surface area contributed by atoms with Crippen LogP contribution < -0.4 is 10.9 Å². The van der Waals surface area contributed by atoms with Crippen LogP contribution in [0.1, 0.15) is 20.8 Å². The van der Waals surface area contributed by atoms with E-state index in [1.54, 1.807) is 13.3 Å². The molecule has 0 aliphatic carbocycles. The van der Waals surface area contributed by atoms with Crippen molar-refractivity contribution >= 4 is 37.0 Å². The van der Waals surface area contributed by atoms with Crippen LogP contribution in [0.3, 0.4) is 0 Å². The van der Waals surface area contributed by atoms with E-state index >= 15 is 0 Å². The summed E-state index contributed by atoms with van der Waals surface area (Å²) in [6.07, 6.45) is 0. The maximum atomic E-state index is 12.6. The summed E-state index contributed by atoms with van der Waals surface area (Å²) in [7, 11) is -2.96. The molecule has 1 unspecified atom stereocenters. The van der Waals surface area contributed by atoms with Gasteiger partial charge < -0.3 is 4.57 Å². The lowest BCUT2D eigenvalue weighted by Crippen LogP contribution is -2.34. The summed E-state index contributed by atoms with van der Waals surface area (Å²) in [6, 6.07) is 7.81. The fourth-order valence-corrected chi connectivity index (χ4v) is 5.18. The van der Waals surface area contributed by atoms with Gasteiger partial charge in [0, 0.05) is 0 Å². The van der Waals surface area contributed by atoms with Crippen LogP contribution in [0.4, 0.5) is 0 Å².